The number of H-pyrrole nitrogens is 1. The summed E-state index contributed by atoms with van der Waals surface area (Å²) in [6, 6.07) is 16.7. The first-order chi connectivity index (χ1) is 17.2. The predicted octanol–water partition coefficient (Wildman–Crippen LogP) is 3.54. The maximum Gasteiger partial charge on any atom is 0.285 e. The Bertz CT molecular complexity index is 1610. The lowest BCUT2D eigenvalue weighted by atomic mass is 10.1. The van der Waals surface area contributed by atoms with Crippen molar-refractivity contribution in [1.29, 1.82) is 5.26 Å². The lowest BCUT2D eigenvalue weighted by Gasteiger charge is -2.08. The zero-order chi connectivity index (χ0) is 24.4. The Hall–Kier alpha value is -4.46. The number of aromatic amines is 1. The average molecular weight is 471 g/mol. The Balaban J connectivity index is 1.76. The van der Waals surface area contributed by atoms with Crippen molar-refractivity contribution in [3.63, 3.8) is 0 Å². The van der Waals surface area contributed by atoms with Crippen molar-refractivity contribution < 1.29 is 18.6 Å². The molecule has 0 aliphatic rings. The van der Waals surface area contributed by atoms with E-state index < -0.39 is 5.56 Å². The van der Waals surface area contributed by atoms with Gasteiger partial charge < -0.3 is 18.6 Å². The van der Waals surface area contributed by atoms with Crippen molar-refractivity contribution >= 4 is 16.7 Å². The highest BCUT2D eigenvalue weighted by molar-refractivity contribution is 5.84. The first-order valence-electron chi connectivity index (χ1n) is 10.8. The van der Waals surface area contributed by atoms with E-state index in [2.05, 4.69) is 16.2 Å². The summed E-state index contributed by atoms with van der Waals surface area (Å²) in [4.78, 5) is 23.0. The number of fused-ring (bicyclic) bond motifs is 2. The normalized spacial score (nSPS) is 11.2. The number of hydrogen-bond acceptors (Lipinski definition) is 8. The van der Waals surface area contributed by atoms with E-state index in [1.165, 1.54) is 11.6 Å². The van der Waals surface area contributed by atoms with Gasteiger partial charge in [-0.3, -0.25) is 9.89 Å². The number of oxazole rings is 1. The van der Waals surface area contributed by atoms with E-state index in [0.29, 0.717) is 47.0 Å². The number of nitrogens with one attached hydrogen (secondary N) is 1. The summed E-state index contributed by atoms with van der Waals surface area (Å²) in [5, 5.41) is 12.6. The van der Waals surface area contributed by atoms with Gasteiger partial charge in [0.1, 0.15) is 23.1 Å². The summed E-state index contributed by atoms with van der Waals surface area (Å²) in [5.74, 6) is 0.596. The highest BCUT2D eigenvalue weighted by Crippen LogP contribution is 2.32. The van der Waals surface area contributed by atoms with Gasteiger partial charge >= 0.3 is 0 Å². The zero-order valence-electron chi connectivity index (χ0n) is 19.1. The van der Waals surface area contributed by atoms with Crippen LogP contribution in [0.15, 0.2) is 57.7 Å². The molecule has 3 aromatic heterocycles. The van der Waals surface area contributed by atoms with Gasteiger partial charge in [-0.05, 0) is 17.7 Å². The molecular formula is C25H21N5O5. The minimum Gasteiger partial charge on any atom is -0.494 e. The van der Waals surface area contributed by atoms with Gasteiger partial charge in [-0.25, -0.2) is 9.97 Å². The molecule has 35 heavy (non-hydrogen) atoms. The molecule has 0 saturated carbocycles. The maximum atomic E-state index is 13.8. The number of benzene rings is 2. The molecule has 176 valence electrons. The van der Waals surface area contributed by atoms with Crippen molar-refractivity contribution in [3.8, 4) is 34.4 Å². The van der Waals surface area contributed by atoms with Crippen molar-refractivity contribution in [1.82, 2.24) is 19.6 Å². The highest BCUT2D eigenvalue weighted by Gasteiger charge is 2.25. The van der Waals surface area contributed by atoms with Crippen LogP contribution in [-0.2, 0) is 16.1 Å². The standard InChI is InChI=1S/C25H21N5O5/c1-32-11-12-34-14-17-21(24-28-22-18(33-2)9-6-10-19(22)35-24)25(31)30-23(27-17)20(16(13-26)29-30)15-7-4-3-5-8-15/h3-10,29H,11-12,14H2,1-2H3. The minimum atomic E-state index is -0.468. The second kappa shape index (κ2) is 9.42. The number of nitrogens with zero attached hydrogens (tertiary/aromatic N) is 4. The van der Waals surface area contributed by atoms with Crippen LogP contribution in [0.5, 0.6) is 5.75 Å². The summed E-state index contributed by atoms with van der Waals surface area (Å²) in [7, 11) is 3.11. The van der Waals surface area contributed by atoms with Gasteiger partial charge in [0.15, 0.2) is 16.7 Å². The molecule has 0 bridgehead atoms. The SMILES string of the molecule is COCCOCc1nc2c(-c3ccccc3)c(C#N)[nH]n2c(=O)c1-c1nc2c(OC)cccc2o1. The molecule has 0 spiro atoms. The van der Waals surface area contributed by atoms with Gasteiger partial charge in [0.25, 0.3) is 5.56 Å². The van der Waals surface area contributed by atoms with Crippen LogP contribution in [0.4, 0.5) is 0 Å². The van der Waals surface area contributed by atoms with Crippen LogP contribution in [-0.4, -0.2) is 47.0 Å². The molecule has 0 unspecified atom stereocenters. The Morgan fingerprint density at radius 3 is 2.63 bits per heavy atom. The summed E-state index contributed by atoms with van der Waals surface area (Å²) >= 11 is 0. The van der Waals surface area contributed by atoms with Gasteiger partial charge in [-0.2, -0.15) is 9.78 Å². The van der Waals surface area contributed by atoms with Gasteiger partial charge in [0, 0.05) is 7.11 Å². The quantitative estimate of drug-likeness (QED) is 0.340. The van der Waals surface area contributed by atoms with Crippen LogP contribution in [0.25, 0.3) is 39.3 Å². The number of para-hydroxylation sites is 1. The number of methoxy groups -OCH3 is 2. The van der Waals surface area contributed by atoms with E-state index in [4.69, 9.17) is 23.6 Å². The van der Waals surface area contributed by atoms with Crippen LogP contribution < -0.4 is 10.3 Å². The lowest BCUT2D eigenvalue weighted by molar-refractivity contribution is 0.0604. The summed E-state index contributed by atoms with van der Waals surface area (Å²) in [6.07, 6.45) is 0. The molecule has 10 nitrogen and oxygen atoms in total. The van der Waals surface area contributed by atoms with Crippen molar-refractivity contribution in [2.45, 2.75) is 6.61 Å². The van der Waals surface area contributed by atoms with Crippen LogP contribution in [0.2, 0.25) is 0 Å². The molecule has 0 amide bonds. The van der Waals surface area contributed by atoms with E-state index in [1.54, 1.807) is 25.3 Å². The third-order valence-electron chi connectivity index (χ3n) is 5.52. The largest absolute Gasteiger partial charge is 0.494 e. The fraction of sp³-hybridized carbons (Fsp3) is 0.200. The molecular weight excluding hydrogens is 450 g/mol. The van der Waals surface area contributed by atoms with E-state index in [0.717, 1.165) is 5.56 Å². The predicted molar refractivity (Wildman–Crippen MR) is 127 cm³/mol. The summed E-state index contributed by atoms with van der Waals surface area (Å²) < 4.78 is 23.3. The van der Waals surface area contributed by atoms with Crippen LogP contribution in [0.1, 0.15) is 11.4 Å². The fourth-order valence-corrected chi connectivity index (χ4v) is 3.90. The first kappa shape index (κ1) is 22.3. The minimum absolute atomic E-state index is 0.0155. The van der Waals surface area contributed by atoms with E-state index in [9.17, 15) is 10.1 Å². The highest BCUT2D eigenvalue weighted by atomic mass is 16.5. The van der Waals surface area contributed by atoms with Gasteiger partial charge in [-0.15, -0.1) is 0 Å². The molecule has 0 aliphatic heterocycles. The number of aromatic nitrogens is 4. The Morgan fingerprint density at radius 1 is 1.06 bits per heavy atom. The van der Waals surface area contributed by atoms with Crippen LogP contribution in [0, 0.1) is 11.3 Å². The van der Waals surface area contributed by atoms with E-state index >= 15 is 0 Å². The Labute approximate surface area is 199 Å². The van der Waals surface area contributed by atoms with E-state index in [-0.39, 0.29) is 23.8 Å². The molecule has 5 rings (SSSR count). The monoisotopic (exact) mass is 471 g/mol. The number of hydrogen-bond donors (Lipinski definition) is 1. The molecule has 5 aromatic rings. The second-order valence-electron chi connectivity index (χ2n) is 7.61. The third-order valence-corrected chi connectivity index (χ3v) is 5.52. The van der Waals surface area contributed by atoms with E-state index in [1.807, 2.05) is 30.3 Å². The molecule has 3 heterocycles. The number of rotatable bonds is 8. The molecule has 0 saturated heterocycles. The molecule has 0 radical (unpaired) electrons. The van der Waals surface area contributed by atoms with Gasteiger partial charge in [-0.1, -0.05) is 36.4 Å². The molecule has 10 heteroatoms. The van der Waals surface area contributed by atoms with Crippen LogP contribution >= 0.6 is 0 Å². The summed E-state index contributed by atoms with van der Waals surface area (Å²) in [5.41, 5.74) is 2.72. The number of ether oxygens (including phenoxy) is 3. The maximum absolute atomic E-state index is 13.8. The lowest BCUT2D eigenvalue weighted by Crippen LogP contribution is -2.21. The summed E-state index contributed by atoms with van der Waals surface area (Å²) in [6.45, 7) is 0.705. The van der Waals surface area contributed by atoms with Crippen LogP contribution in [0.3, 0.4) is 0 Å². The molecule has 0 fully saturated rings. The fourth-order valence-electron chi connectivity index (χ4n) is 3.90. The Morgan fingerprint density at radius 2 is 1.89 bits per heavy atom. The number of nitriles is 1. The molecule has 1 N–H and O–H groups in total. The average Bonchev–Trinajstić information content (AvgIpc) is 3.48. The van der Waals surface area contributed by atoms with Crippen molar-refractivity contribution in [2.24, 2.45) is 0 Å². The Kier molecular flexibility index (Phi) is 6.01. The molecule has 2 aromatic carbocycles. The first-order valence-corrected chi connectivity index (χ1v) is 10.8. The topological polar surface area (TPSA) is 128 Å². The van der Waals surface area contributed by atoms with Gasteiger partial charge in [0.2, 0.25) is 5.89 Å². The van der Waals surface area contributed by atoms with Crippen molar-refractivity contribution in [3.05, 3.63) is 70.3 Å². The third kappa shape index (κ3) is 3.93. The van der Waals surface area contributed by atoms with Gasteiger partial charge in [0.05, 0.1) is 38.2 Å². The zero-order valence-corrected chi connectivity index (χ0v) is 19.1. The smallest absolute Gasteiger partial charge is 0.285 e. The second-order valence-corrected chi connectivity index (χ2v) is 7.61. The molecule has 0 atom stereocenters. The van der Waals surface area contributed by atoms with Crippen molar-refractivity contribution in [2.75, 3.05) is 27.4 Å². The molecule has 0 aliphatic carbocycles.